The summed E-state index contributed by atoms with van der Waals surface area (Å²) < 4.78 is 2.18. The van der Waals surface area contributed by atoms with Crippen LogP contribution in [0.5, 0.6) is 0 Å². The van der Waals surface area contributed by atoms with Crippen molar-refractivity contribution in [2.45, 2.75) is 46.7 Å². The van der Waals surface area contributed by atoms with Gasteiger partial charge in [0.2, 0.25) is 5.91 Å². The van der Waals surface area contributed by atoms with Gasteiger partial charge in [-0.3, -0.25) is 9.78 Å². The fourth-order valence-corrected chi connectivity index (χ4v) is 5.63. The molecule has 0 bridgehead atoms. The molecule has 0 aliphatic carbocycles. The molecule has 2 atom stereocenters. The van der Waals surface area contributed by atoms with Gasteiger partial charge in [-0.15, -0.1) is 0 Å². The lowest BCUT2D eigenvalue weighted by atomic mass is 9.96. The van der Waals surface area contributed by atoms with Crippen molar-refractivity contribution in [2.24, 2.45) is 5.92 Å². The summed E-state index contributed by atoms with van der Waals surface area (Å²) in [6.45, 7) is 9.95. The fourth-order valence-electron chi connectivity index (χ4n) is 5.06. The summed E-state index contributed by atoms with van der Waals surface area (Å²) in [7, 11) is 0. The average molecular weight is 559 g/mol. The van der Waals surface area contributed by atoms with Crippen LogP contribution in [0.1, 0.15) is 54.1 Å². The molecule has 1 saturated heterocycles. The Morgan fingerprint density at radius 2 is 1.85 bits per heavy atom. The van der Waals surface area contributed by atoms with Crippen LogP contribution in [0.2, 0.25) is 5.02 Å². The van der Waals surface area contributed by atoms with Crippen molar-refractivity contribution in [3.8, 4) is 5.82 Å². The van der Waals surface area contributed by atoms with E-state index in [4.69, 9.17) is 23.8 Å². The van der Waals surface area contributed by atoms with E-state index in [0.717, 1.165) is 39.7 Å². The number of anilines is 2. The third kappa shape index (κ3) is 5.14. The second kappa shape index (κ2) is 10.8. The number of benzene rings is 1. The van der Waals surface area contributed by atoms with Crippen LogP contribution in [0.25, 0.3) is 5.82 Å². The normalized spacial score (nSPS) is 17.0. The lowest BCUT2D eigenvalue weighted by Crippen LogP contribution is -2.29. The molecule has 1 amide bonds. The van der Waals surface area contributed by atoms with Gasteiger partial charge in [-0.2, -0.15) is 0 Å². The molecule has 200 valence electrons. The minimum atomic E-state index is -0.204. The Morgan fingerprint density at radius 1 is 1.05 bits per heavy atom. The zero-order valence-corrected chi connectivity index (χ0v) is 24.1. The summed E-state index contributed by atoms with van der Waals surface area (Å²) in [6, 6.07) is 17.4. The van der Waals surface area contributed by atoms with E-state index in [2.05, 4.69) is 63.0 Å². The lowest BCUT2D eigenvalue weighted by Gasteiger charge is -2.28. The first kappa shape index (κ1) is 26.8. The molecule has 0 unspecified atom stereocenters. The van der Waals surface area contributed by atoms with Crippen LogP contribution >= 0.6 is 23.8 Å². The Balaban J connectivity index is 1.62. The molecular weight excluding hydrogens is 528 g/mol. The number of aromatic nitrogens is 3. The van der Waals surface area contributed by atoms with E-state index in [9.17, 15) is 4.79 Å². The molecule has 1 aliphatic rings. The zero-order chi connectivity index (χ0) is 27.8. The number of hydrogen-bond donors (Lipinski definition) is 2. The molecule has 0 spiro atoms. The second-order valence-electron chi connectivity index (χ2n) is 10.2. The molecule has 1 aliphatic heterocycles. The van der Waals surface area contributed by atoms with Crippen molar-refractivity contribution in [2.75, 3.05) is 10.2 Å². The van der Waals surface area contributed by atoms with E-state index < -0.39 is 0 Å². The van der Waals surface area contributed by atoms with Crippen LogP contribution in [0, 0.1) is 26.7 Å². The summed E-state index contributed by atoms with van der Waals surface area (Å²) in [6.07, 6.45) is 3.63. The molecule has 4 aromatic rings. The molecule has 0 radical (unpaired) electrons. The number of amides is 1. The molecule has 3 aromatic heterocycles. The van der Waals surface area contributed by atoms with Crippen LogP contribution in [-0.4, -0.2) is 25.6 Å². The van der Waals surface area contributed by atoms with E-state index in [1.807, 2.05) is 62.5 Å². The van der Waals surface area contributed by atoms with Gasteiger partial charge in [0.25, 0.3) is 0 Å². The lowest BCUT2D eigenvalue weighted by molar-refractivity contribution is -0.118. The highest BCUT2D eigenvalue weighted by atomic mass is 35.5. The van der Waals surface area contributed by atoms with Gasteiger partial charge in [-0.25, -0.2) is 4.98 Å². The van der Waals surface area contributed by atoms with Crippen molar-refractivity contribution in [3.05, 3.63) is 100 Å². The average Bonchev–Trinajstić information content (AvgIpc) is 3.40. The summed E-state index contributed by atoms with van der Waals surface area (Å²) in [5, 5.41) is 7.43. The summed E-state index contributed by atoms with van der Waals surface area (Å²) in [5.74, 6) is 0.630. The van der Waals surface area contributed by atoms with Crippen LogP contribution in [0.15, 0.2) is 67.0 Å². The van der Waals surface area contributed by atoms with E-state index in [-0.39, 0.29) is 23.9 Å². The van der Waals surface area contributed by atoms with E-state index in [1.54, 1.807) is 6.20 Å². The quantitative estimate of drug-likeness (QED) is 0.259. The van der Waals surface area contributed by atoms with Crippen LogP contribution < -0.4 is 15.5 Å². The van der Waals surface area contributed by atoms with Gasteiger partial charge in [0.15, 0.2) is 5.11 Å². The highest BCUT2D eigenvalue weighted by Crippen LogP contribution is 2.44. The molecule has 9 heteroatoms. The fraction of sp³-hybridized carbons (Fsp3) is 0.267. The van der Waals surface area contributed by atoms with Gasteiger partial charge in [0.05, 0.1) is 28.5 Å². The number of halogens is 1. The van der Waals surface area contributed by atoms with Crippen molar-refractivity contribution >= 4 is 46.2 Å². The molecule has 39 heavy (non-hydrogen) atoms. The number of carbonyl (C=O) groups is 1. The first-order valence-electron chi connectivity index (χ1n) is 12.9. The Morgan fingerprint density at radius 3 is 2.51 bits per heavy atom. The van der Waals surface area contributed by atoms with Gasteiger partial charge in [-0.05, 0) is 92.6 Å². The third-order valence-electron chi connectivity index (χ3n) is 7.03. The molecule has 1 fully saturated rings. The SMILES string of the molecule is Cc1ccnc(-n2c(C)cc([C@@H]3[C@H](c4ccccn4)NC(=S)N3c3ccc(NC(=O)C(C)C)c(Cl)c3)c2C)c1. The Bertz CT molecular complexity index is 1550. The number of carbonyl (C=O) groups excluding carboxylic acids is 1. The Kier molecular flexibility index (Phi) is 7.42. The van der Waals surface area contributed by atoms with Gasteiger partial charge in [-0.1, -0.05) is 31.5 Å². The summed E-state index contributed by atoms with van der Waals surface area (Å²) >= 11 is 12.6. The summed E-state index contributed by atoms with van der Waals surface area (Å²) in [5.41, 5.74) is 6.67. The molecular formula is C30H31ClN6OS. The molecule has 4 heterocycles. The zero-order valence-electron chi connectivity index (χ0n) is 22.6. The Labute approximate surface area is 239 Å². The number of thiocarbonyl (C=S) groups is 1. The molecule has 7 nitrogen and oxygen atoms in total. The van der Waals surface area contributed by atoms with Crippen molar-refractivity contribution in [3.63, 3.8) is 0 Å². The monoisotopic (exact) mass is 558 g/mol. The first-order valence-corrected chi connectivity index (χ1v) is 13.7. The van der Waals surface area contributed by atoms with Crippen LogP contribution in [0.4, 0.5) is 11.4 Å². The maximum Gasteiger partial charge on any atom is 0.226 e. The van der Waals surface area contributed by atoms with E-state index >= 15 is 0 Å². The van der Waals surface area contributed by atoms with Crippen molar-refractivity contribution < 1.29 is 4.79 Å². The van der Waals surface area contributed by atoms with Gasteiger partial charge >= 0.3 is 0 Å². The largest absolute Gasteiger partial charge is 0.351 e. The molecule has 0 saturated carbocycles. The highest BCUT2D eigenvalue weighted by molar-refractivity contribution is 7.80. The topological polar surface area (TPSA) is 75.1 Å². The van der Waals surface area contributed by atoms with E-state index in [0.29, 0.717) is 15.8 Å². The van der Waals surface area contributed by atoms with Crippen LogP contribution in [0.3, 0.4) is 0 Å². The van der Waals surface area contributed by atoms with Crippen molar-refractivity contribution in [1.82, 2.24) is 19.9 Å². The van der Waals surface area contributed by atoms with Crippen molar-refractivity contribution in [1.29, 1.82) is 0 Å². The number of hydrogen-bond acceptors (Lipinski definition) is 4. The first-order chi connectivity index (χ1) is 18.7. The number of pyridine rings is 2. The number of nitrogens with one attached hydrogen (secondary N) is 2. The molecule has 2 N–H and O–H groups in total. The van der Waals surface area contributed by atoms with Crippen LogP contribution in [-0.2, 0) is 4.79 Å². The third-order valence-corrected chi connectivity index (χ3v) is 7.66. The maximum atomic E-state index is 12.3. The Hall–Kier alpha value is -3.75. The van der Waals surface area contributed by atoms with Gasteiger partial charge in [0.1, 0.15) is 5.82 Å². The second-order valence-corrected chi connectivity index (χ2v) is 11.0. The predicted molar refractivity (Wildman–Crippen MR) is 161 cm³/mol. The minimum absolute atomic E-state index is 0.0895. The minimum Gasteiger partial charge on any atom is -0.351 e. The molecule has 5 rings (SSSR count). The summed E-state index contributed by atoms with van der Waals surface area (Å²) in [4.78, 5) is 23.7. The molecule has 1 aromatic carbocycles. The number of nitrogens with zero attached hydrogens (tertiary/aromatic N) is 4. The van der Waals surface area contributed by atoms with Gasteiger partial charge < -0.3 is 20.1 Å². The number of rotatable bonds is 6. The predicted octanol–water partition coefficient (Wildman–Crippen LogP) is 6.62. The smallest absolute Gasteiger partial charge is 0.226 e. The standard InChI is InChI=1S/C30H31ClN6OS/c1-17(2)29(38)34-24-10-9-21(16-23(24)31)37-28(27(35-30(37)39)25-8-6-7-12-32-25)22-15-19(4)36(20(22)5)26-14-18(3)11-13-33-26/h6-17,27-28H,1-5H3,(H,34,38)(H,35,39)/t27-,28+/m0/s1. The van der Waals surface area contributed by atoms with Gasteiger partial charge in [0, 0.05) is 35.4 Å². The number of aryl methyl sites for hydroxylation is 2. The maximum absolute atomic E-state index is 12.3. The van der Waals surface area contributed by atoms with E-state index in [1.165, 1.54) is 0 Å². The highest BCUT2D eigenvalue weighted by Gasteiger charge is 2.42.